The molecule has 0 aromatic carbocycles. The monoisotopic (exact) mass is 170 g/mol. The van der Waals surface area contributed by atoms with E-state index >= 15 is 0 Å². The Balaban J connectivity index is 2.15. The van der Waals surface area contributed by atoms with Gasteiger partial charge in [0.05, 0.1) is 0 Å². The minimum absolute atomic E-state index is 0.762. The van der Waals surface area contributed by atoms with E-state index in [0.29, 0.717) is 0 Å². The topological polar surface area (TPSA) is 24.1 Å². The van der Waals surface area contributed by atoms with Gasteiger partial charge in [0.25, 0.3) is 0 Å². The number of rotatable bonds is 4. The van der Waals surface area contributed by atoms with Gasteiger partial charge < -0.3 is 10.6 Å². The molecule has 1 heterocycles. The molecular formula is C10H22N2. The average molecular weight is 170 g/mol. The SMILES string of the molecule is CCNCC(C)C1CCCCN1. The molecule has 1 rings (SSSR count). The molecule has 1 aliphatic rings. The smallest absolute Gasteiger partial charge is 0.0105 e. The molecule has 0 amide bonds. The first-order valence-corrected chi connectivity index (χ1v) is 5.28. The normalized spacial score (nSPS) is 27.0. The van der Waals surface area contributed by atoms with Crippen LogP contribution in [0.25, 0.3) is 0 Å². The van der Waals surface area contributed by atoms with E-state index in [2.05, 4.69) is 24.5 Å². The molecule has 2 atom stereocenters. The Morgan fingerprint density at radius 2 is 2.33 bits per heavy atom. The maximum Gasteiger partial charge on any atom is 0.0105 e. The molecule has 72 valence electrons. The van der Waals surface area contributed by atoms with Crippen LogP contribution in [0.2, 0.25) is 0 Å². The van der Waals surface area contributed by atoms with Crippen molar-refractivity contribution in [1.29, 1.82) is 0 Å². The highest BCUT2D eigenvalue weighted by atomic mass is 14.9. The van der Waals surface area contributed by atoms with Crippen molar-refractivity contribution in [2.24, 2.45) is 5.92 Å². The molecule has 1 fully saturated rings. The lowest BCUT2D eigenvalue weighted by molar-refractivity contribution is 0.303. The predicted molar refractivity (Wildman–Crippen MR) is 53.3 cm³/mol. The first kappa shape index (κ1) is 10.0. The third-order valence-corrected chi connectivity index (χ3v) is 2.75. The van der Waals surface area contributed by atoms with Crippen LogP contribution in [-0.4, -0.2) is 25.7 Å². The second kappa shape index (κ2) is 5.55. The van der Waals surface area contributed by atoms with Crippen molar-refractivity contribution in [3.05, 3.63) is 0 Å². The van der Waals surface area contributed by atoms with Crippen molar-refractivity contribution in [1.82, 2.24) is 10.6 Å². The molecular weight excluding hydrogens is 148 g/mol. The van der Waals surface area contributed by atoms with Crippen LogP contribution in [0.15, 0.2) is 0 Å². The van der Waals surface area contributed by atoms with Crippen LogP contribution in [0.5, 0.6) is 0 Å². The van der Waals surface area contributed by atoms with Crippen LogP contribution in [0, 0.1) is 5.92 Å². The Morgan fingerprint density at radius 3 is 2.92 bits per heavy atom. The second-order valence-corrected chi connectivity index (χ2v) is 3.84. The number of nitrogens with one attached hydrogen (secondary N) is 2. The summed E-state index contributed by atoms with van der Waals surface area (Å²) in [6.45, 7) is 7.99. The number of hydrogen-bond acceptors (Lipinski definition) is 2. The second-order valence-electron chi connectivity index (χ2n) is 3.84. The van der Waals surface area contributed by atoms with Crippen LogP contribution in [-0.2, 0) is 0 Å². The standard InChI is InChI=1S/C10H22N2/c1-3-11-8-9(2)10-6-4-5-7-12-10/h9-12H,3-8H2,1-2H3. The molecule has 0 radical (unpaired) electrons. The zero-order chi connectivity index (χ0) is 8.81. The largest absolute Gasteiger partial charge is 0.317 e. The van der Waals surface area contributed by atoms with Crippen molar-refractivity contribution in [2.45, 2.75) is 39.2 Å². The lowest BCUT2D eigenvalue weighted by Gasteiger charge is -2.29. The molecule has 0 aliphatic carbocycles. The molecule has 2 heteroatoms. The molecule has 1 aliphatic heterocycles. The minimum atomic E-state index is 0.762. The summed E-state index contributed by atoms with van der Waals surface area (Å²) in [7, 11) is 0. The minimum Gasteiger partial charge on any atom is -0.317 e. The molecule has 2 N–H and O–H groups in total. The molecule has 0 bridgehead atoms. The average Bonchev–Trinajstić information content (AvgIpc) is 2.15. The van der Waals surface area contributed by atoms with Crippen molar-refractivity contribution in [3.8, 4) is 0 Å². The van der Waals surface area contributed by atoms with E-state index in [0.717, 1.165) is 25.0 Å². The molecule has 0 spiro atoms. The van der Waals surface area contributed by atoms with Crippen molar-refractivity contribution >= 4 is 0 Å². The van der Waals surface area contributed by atoms with Gasteiger partial charge >= 0.3 is 0 Å². The van der Waals surface area contributed by atoms with Crippen LogP contribution in [0.1, 0.15) is 33.1 Å². The first-order valence-electron chi connectivity index (χ1n) is 5.28. The third kappa shape index (κ3) is 3.11. The van der Waals surface area contributed by atoms with E-state index in [1.54, 1.807) is 0 Å². The highest BCUT2D eigenvalue weighted by molar-refractivity contribution is 4.78. The van der Waals surface area contributed by atoms with Gasteiger partial charge in [-0.25, -0.2) is 0 Å². The summed E-state index contributed by atoms with van der Waals surface area (Å²) in [5.74, 6) is 0.783. The molecule has 0 aromatic heterocycles. The third-order valence-electron chi connectivity index (χ3n) is 2.75. The summed E-state index contributed by atoms with van der Waals surface area (Å²) >= 11 is 0. The van der Waals surface area contributed by atoms with Gasteiger partial charge in [-0.05, 0) is 38.4 Å². The predicted octanol–water partition coefficient (Wildman–Crippen LogP) is 1.37. The molecule has 0 saturated carbocycles. The summed E-state index contributed by atoms with van der Waals surface area (Å²) in [4.78, 5) is 0. The molecule has 2 nitrogen and oxygen atoms in total. The quantitative estimate of drug-likeness (QED) is 0.666. The Labute approximate surface area is 76.1 Å². The summed E-state index contributed by atoms with van der Waals surface area (Å²) in [6, 6.07) is 0.762. The van der Waals surface area contributed by atoms with Gasteiger partial charge in [-0.1, -0.05) is 20.3 Å². The van der Waals surface area contributed by atoms with E-state index < -0.39 is 0 Å². The lowest BCUT2D eigenvalue weighted by atomic mass is 9.93. The fourth-order valence-corrected chi connectivity index (χ4v) is 1.88. The van der Waals surface area contributed by atoms with Gasteiger partial charge in [0.2, 0.25) is 0 Å². The molecule has 2 unspecified atom stereocenters. The Morgan fingerprint density at radius 1 is 1.50 bits per heavy atom. The highest BCUT2D eigenvalue weighted by Crippen LogP contribution is 2.14. The van der Waals surface area contributed by atoms with Gasteiger partial charge in [0, 0.05) is 6.04 Å². The summed E-state index contributed by atoms with van der Waals surface area (Å²) < 4.78 is 0. The van der Waals surface area contributed by atoms with Gasteiger partial charge in [-0.15, -0.1) is 0 Å². The zero-order valence-corrected chi connectivity index (χ0v) is 8.40. The van der Waals surface area contributed by atoms with Crippen molar-refractivity contribution < 1.29 is 0 Å². The van der Waals surface area contributed by atoms with Gasteiger partial charge in [-0.3, -0.25) is 0 Å². The van der Waals surface area contributed by atoms with Crippen molar-refractivity contribution in [2.75, 3.05) is 19.6 Å². The van der Waals surface area contributed by atoms with Gasteiger partial charge in [0.15, 0.2) is 0 Å². The Hall–Kier alpha value is -0.0800. The fraction of sp³-hybridized carbons (Fsp3) is 1.00. The fourth-order valence-electron chi connectivity index (χ4n) is 1.88. The zero-order valence-electron chi connectivity index (χ0n) is 8.40. The van der Waals surface area contributed by atoms with Crippen LogP contribution >= 0.6 is 0 Å². The van der Waals surface area contributed by atoms with Gasteiger partial charge in [0.1, 0.15) is 0 Å². The molecule has 12 heavy (non-hydrogen) atoms. The first-order chi connectivity index (χ1) is 5.84. The number of hydrogen-bond donors (Lipinski definition) is 2. The van der Waals surface area contributed by atoms with E-state index in [9.17, 15) is 0 Å². The van der Waals surface area contributed by atoms with Gasteiger partial charge in [-0.2, -0.15) is 0 Å². The summed E-state index contributed by atoms with van der Waals surface area (Å²) in [6.07, 6.45) is 4.14. The van der Waals surface area contributed by atoms with Crippen molar-refractivity contribution in [3.63, 3.8) is 0 Å². The maximum atomic E-state index is 3.59. The molecule has 1 saturated heterocycles. The number of piperidine rings is 1. The summed E-state index contributed by atoms with van der Waals surface area (Å²) in [5, 5.41) is 6.99. The van der Waals surface area contributed by atoms with E-state index in [1.165, 1.54) is 25.8 Å². The van der Waals surface area contributed by atoms with Crippen LogP contribution in [0.3, 0.4) is 0 Å². The maximum absolute atomic E-state index is 3.59. The van der Waals surface area contributed by atoms with E-state index in [-0.39, 0.29) is 0 Å². The molecule has 0 aromatic rings. The summed E-state index contributed by atoms with van der Waals surface area (Å²) in [5.41, 5.74) is 0. The Kier molecular flexibility index (Phi) is 4.62. The Bertz CT molecular complexity index is 108. The van der Waals surface area contributed by atoms with Crippen LogP contribution < -0.4 is 10.6 Å². The highest BCUT2D eigenvalue weighted by Gasteiger charge is 2.18. The van der Waals surface area contributed by atoms with E-state index in [4.69, 9.17) is 0 Å². The van der Waals surface area contributed by atoms with Crippen LogP contribution in [0.4, 0.5) is 0 Å². The lowest BCUT2D eigenvalue weighted by Crippen LogP contribution is -2.42. The van der Waals surface area contributed by atoms with E-state index in [1.807, 2.05) is 0 Å².